The second kappa shape index (κ2) is 18.5. The molecule has 8 nitrogen and oxygen atoms in total. The van der Waals surface area contributed by atoms with E-state index in [0.29, 0.717) is 32.2 Å². The number of benzene rings is 1. The van der Waals surface area contributed by atoms with Crippen molar-refractivity contribution in [3.63, 3.8) is 0 Å². The number of carbonyl (C=O) groups is 3. The number of aliphatic hydroxyl groups excluding tert-OH is 1. The Labute approximate surface area is 202 Å². The van der Waals surface area contributed by atoms with E-state index in [2.05, 4.69) is 23.8 Å². The molecule has 0 bridgehead atoms. The first kappa shape index (κ1) is 29.1. The lowest BCUT2D eigenvalue weighted by Gasteiger charge is -2.22. The average Bonchev–Trinajstić information content (AvgIpc) is 2.83. The fourth-order valence-electron chi connectivity index (χ4n) is 3.24. The summed E-state index contributed by atoms with van der Waals surface area (Å²) >= 11 is 0. The molecule has 0 saturated heterocycles. The normalized spacial score (nSPS) is 12.3. The SMILES string of the molecule is C=CCCCC(=O)OCC(Cc1ccccc1)NC(=O)C(CC=C)CC(=O)NCCOCCO. The van der Waals surface area contributed by atoms with E-state index in [-0.39, 0.29) is 50.6 Å². The third kappa shape index (κ3) is 13.5. The Morgan fingerprint density at radius 3 is 2.53 bits per heavy atom. The van der Waals surface area contributed by atoms with Gasteiger partial charge in [0.05, 0.1) is 31.8 Å². The Morgan fingerprint density at radius 1 is 1.09 bits per heavy atom. The Hall–Kier alpha value is -2.97. The van der Waals surface area contributed by atoms with Crippen LogP contribution in [-0.2, 0) is 30.3 Å². The van der Waals surface area contributed by atoms with Crippen LogP contribution >= 0.6 is 0 Å². The zero-order valence-electron chi connectivity index (χ0n) is 19.9. The number of carbonyl (C=O) groups excluding carboxylic acids is 3. The third-order valence-electron chi connectivity index (χ3n) is 4.96. The fraction of sp³-hybridized carbons (Fsp3) is 0.500. The van der Waals surface area contributed by atoms with Gasteiger partial charge in [-0.3, -0.25) is 14.4 Å². The van der Waals surface area contributed by atoms with Crippen LogP contribution in [0.3, 0.4) is 0 Å². The highest BCUT2D eigenvalue weighted by molar-refractivity contribution is 5.86. The van der Waals surface area contributed by atoms with Gasteiger partial charge in [0.25, 0.3) is 0 Å². The van der Waals surface area contributed by atoms with Crippen LogP contribution in [0.5, 0.6) is 0 Å². The number of hydrogen-bond donors (Lipinski definition) is 3. The summed E-state index contributed by atoms with van der Waals surface area (Å²) in [5, 5.41) is 14.4. The lowest BCUT2D eigenvalue weighted by atomic mass is 9.98. The average molecular weight is 475 g/mol. The highest BCUT2D eigenvalue weighted by Crippen LogP contribution is 2.12. The molecule has 34 heavy (non-hydrogen) atoms. The Kier molecular flexibility index (Phi) is 15.8. The highest BCUT2D eigenvalue weighted by atomic mass is 16.5. The van der Waals surface area contributed by atoms with Crippen molar-refractivity contribution in [2.75, 3.05) is 33.0 Å². The second-order valence-electron chi connectivity index (χ2n) is 7.87. The van der Waals surface area contributed by atoms with E-state index in [1.54, 1.807) is 12.2 Å². The summed E-state index contributed by atoms with van der Waals surface area (Å²) in [7, 11) is 0. The molecule has 0 spiro atoms. The molecule has 0 heterocycles. The van der Waals surface area contributed by atoms with Crippen LogP contribution in [0.4, 0.5) is 0 Å². The number of esters is 1. The quantitative estimate of drug-likeness (QED) is 0.161. The lowest BCUT2D eigenvalue weighted by Crippen LogP contribution is -2.44. The van der Waals surface area contributed by atoms with E-state index in [1.807, 2.05) is 30.3 Å². The number of hydrogen-bond acceptors (Lipinski definition) is 6. The summed E-state index contributed by atoms with van der Waals surface area (Å²) in [5.41, 5.74) is 0.997. The molecule has 2 atom stereocenters. The van der Waals surface area contributed by atoms with Gasteiger partial charge in [0, 0.05) is 19.4 Å². The van der Waals surface area contributed by atoms with Crippen molar-refractivity contribution in [1.82, 2.24) is 10.6 Å². The molecule has 0 radical (unpaired) electrons. The van der Waals surface area contributed by atoms with Gasteiger partial charge in [-0.1, -0.05) is 42.5 Å². The summed E-state index contributed by atoms with van der Waals surface area (Å²) in [6.45, 7) is 8.08. The zero-order valence-corrected chi connectivity index (χ0v) is 19.9. The van der Waals surface area contributed by atoms with Crippen LogP contribution in [0.1, 0.15) is 37.7 Å². The molecule has 0 fully saturated rings. The molecule has 1 rings (SSSR count). The monoisotopic (exact) mass is 474 g/mol. The molecule has 1 aromatic rings. The molecule has 0 aliphatic rings. The van der Waals surface area contributed by atoms with Crippen molar-refractivity contribution in [2.45, 2.75) is 44.6 Å². The molecule has 188 valence electrons. The van der Waals surface area contributed by atoms with E-state index in [4.69, 9.17) is 14.6 Å². The first-order chi connectivity index (χ1) is 16.5. The maximum atomic E-state index is 13.0. The summed E-state index contributed by atoms with van der Waals surface area (Å²) in [5.74, 6) is -1.49. The van der Waals surface area contributed by atoms with Crippen LogP contribution in [0.2, 0.25) is 0 Å². The van der Waals surface area contributed by atoms with Crippen molar-refractivity contribution < 1.29 is 29.0 Å². The third-order valence-corrected chi connectivity index (χ3v) is 4.96. The van der Waals surface area contributed by atoms with Crippen molar-refractivity contribution in [1.29, 1.82) is 0 Å². The predicted molar refractivity (Wildman–Crippen MR) is 131 cm³/mol. The van der Waals surface area contributed by atoms with Gasteiger partial charge < -0.3 is 25.2 Å². The molecule has 0 aromatic heterocycles. The van der Waals surface area contributed by atoms with Gasteiger partial charge in [-0.2, -0.15) is 0 Å². The van der Waals surface area contributed by atoms with Crippen molar-refractivity contribution in [2.24, 2.45) is 5.92 Å². The van der Waals surface area contributed by atoms with E-state index < -0.39 is 12.0 Å². The molecule has 0 aliphatic heterocycles. The minimum atomic E-state index is -0.600. The van der Waals surface area contributed by atoms with Gasteiger partial charge in [0.2, 0.25) is 11.8 Å². The molecule has 3 N–H and O–H groups in total. The minimum absolute atomic E-state index is 0.00273. The smallest absolute Gasteiger partial charge is 0.305 e. The number of rotatable bonds is 19. The van der Waals surface area contributed by atoms with Gasteiger partial charge in [-0.25, -0.2) is 0 Å². The van der Waals surface area contributed by atoms with Crippen molar-refractivity contribution in [3.05, 3.63) is 61.2 Å². The second-order valence-corrected chi connectivity index (χ2v) is 7.87. The maximum Gasteiger partial charge on any atom is 0.305 e. The minimum Gasteiger partial charge on any atom is -0.463 e. The molecular weight excluding hydrogens is 436 g/mol. The van der Waals surface area contributed by atoms with Gasteiger partial charge >= 0.3 is 5.97 Å². The molecule has 2 amide bonds. The molecular formula is C26H38N2O6. The van der Waals surface area contributed by atoms with Crippen LogP contribution in [0.25, 0.3) is 0 Å². The summed E-state index contributed by atoms with van der Waals surface area (Å²) in [6.07, 6.45) is 5.87. The Bertz CT molecular complexity index is 753. The number of amides is 2. The molecule has 0 aliphatic carbocycles. The summed E-state index contributed by atoms with van der Waals surface area (Å²) in [6, 6.07) is 9.18. The van der Waals surface area contributed by atoms with Crippen molar-refractivity contribution in [3.8, 4) is 0 Å². The number of aliphatic hydroxyl groups is 1. The van der Waals surface area contributed by atoms with Crippen LogP contribution < -0.4 is 10.6 Å². The number of unbranched alkanes of at least 4 members (excludes halogenated alkanes) is 1. The van der Waals surface area contributed by atoms with E-state index in [1.165, 1.54) is 0 Å². The van der Waals surface area contributed by atoms with Crippen LogP contribution in [0.15, 0.2) is 55.6 Å². The Morgan fingerprint density at radius 2 is 1.85 bits per heavy atom. The molecule has 0 saturated carbocycles. The van der Waals surface area contributed by atoms with E-state index >= 15 is 0 Å². The van der Waals surface area contributed by atoms with Gasteiger partial charge in [-0.05, 0) is 31.2 Å². The van der Waals surface area contributed by atoms with Gasteiger partial charge in [0.15, 0.2) is 0 Å². The van der Waals surface area contributed by atoms with Gasteiger partial charge in [0.1, 0.15) is 6.61 Å². The largest absolute Gasteiger partial charge is 0.463 e. The standard InChI is InChI=1S/C26H38N2O6/c1-3-5-7-13-25(31)34-20-23(18-21-11-8-6-9-12-21)28-26(32)22(10-4-2)19-24(30)27-14-16-33-17-15-29/h3-4,6,8-9,11-12,22-23,29H,1-2,5,7,10,13-20H2,(H,27,30)(H,28,32). The first-order valence-electron chi connectivity index (χ1n) is 11.7. The van der Waals surface area contributed by atoms with Crippen molar-refractivity contribution >= 4 is 17.8 Å². The lowest BCUT2D eigenvalue weighted by molar-refractivity contribution is -0.145. The van der Waals surface area contributed by atoms with Crippen LogP contribution in [0, 0.1) is 5.92 Å². The number of ether oxygens (including phenoxy) is 2. The van der Waals surface area contributed by atoms with Crippen LogP contribution in [-0.4, -0.2) is 61.9 Å². The number of allylic oxidation sites excluding steroid dienone is 2. The highest BCUT2D eigenvalue weighted by Gasteiger charge is 2.24. The van der Waals surface area contributed by atoms with Gasteiger partial charge in [-0.15, -0.1) is 13.2 Å². The fourth-order valence-corrected chi connectivity index (χ4v) is 3.24. The number of nitrogens with one attached hydrogen (secondary N) is 2. The molecule has 2 unspecified atom stereocenters. The molecule has 8 heteroatoms. The zero-order chi connectivity index (χ0) is 25.0. The van der Waals surface area contributed by atoms with E-state index in [0.717, 1.165) is 12.0 Å². The Balaban J connectivity index is 2.69. The summed E-state index contributed by atoms with van der Waals surface area (Å²) in [4.78, 5) is 37.3. The topological polar surface area (TPSA) is 114 Å². The molecule has 1 aromatic carbocycles. The predicted octanol–water partition coefficient (Wildman–Crippen LogP) is 2.32. The van der Waals surface area contributed by atoms with E-state index in [9.17, 15) is 14.4 Å². The summed E-state index contributed by atoms with van der Waals surface area (Å²) < 4.78 is 10.5. The first-order valence-corrected chi connectivity index (χ1v) is 11.7. The maximum absolute atomic E-state index is 13.0.